The van der Waals surface area contributed by atoms with Crippen molar-refractivity contribution in [2.75, 3.05) is 20.8 Å². The van der Waals surface area contributed by atoms with Gasteiger partial charge in [-0.1, -0.05) is 35.9 Å². The summed E-state index contributed by atoms with van der Waals surface area (Å²) < 4.78 is 22.4. The largest absolute Gasteiger partial charge is 0.497 e. The average molecular weight is 542 g/mol. The molecule has 0 atom stereocenters. The maximum absolute atomic E-state index is 12.8. The number of ether oxygens (including phenoxy) is 4. The number of hydrogen-bond donors (Lipinski definition) is 2. The SMILES string of the molecule is COc1ccc(COc2ccc(C(=O)NCCCC(=O)C(=O)O)c(Cl)c2OCc2ccc(OC)cc2)cc1. The van der Waals surface area contributed by atoms with Crippen LogP contribution in [0.5, 0.6) is 23.0 Å². The van der Waals surface area contributed by atoms with Gasteiger partial charge in [-0.3, -0.25) is 9.59 Å². The van der Waals surface area contributed by atoms with Crippen LogP contribution in [0.2, 0.25) is 5.02 Å². The van der Waals surface area contributed by atoms with Crippen LogP contribution in [-0.2, 0) is 22.8 Å². The van der Waals surface area contributed by atoms with Crippen molar-refractivity contribution in [1.82, 2.24) is 5.32 Å². The van der Waals surface area contributed by atoms with Crippen molar-refractivity contribution in [3.8, 4) is 23.0 Å². The number of ketones is 1. The van der Waals surface area contributed by atoms with Gasteiger partial charge in [-0.15, -0.1) is 0 Å². The number of amides is 1. The molecule has 0 bridgehead atoms. The van der Waals surface area contributed by atoms with E-state index in [4.69, 9.17) is 35.7 Å². The standard InChI is InChI=1S/C28H28ClNO8/c1-35-20-9-5-18(6-10-20)16-37-24-14-13-22(27(32)30-15-3-4-23(31)28(33)34)25(29)26(24)38-17-19-7-11-21(36-2)12-8-19/h5-14H,3-4,15-17H2,1-2H3,(H,30,32)(H,33,34). The summed E-state index contributed by atoms with van der Waals surface area (Å²) in [4.78, 5) is 34.7. The Morgan fingerprint density at radius 2 is 1.37 bits per heavy atom. The molecular formula is C28H28ClNO8. The number of carbonyl (C=O) groups is 3. The lowest BCUT2D eigenvalue weighted by Crippen LogP contribution is -2.26. The van der Waals surface area contributed by atoms with Gasteiger partial charge in [-0.25, -0.2) is 4.79 Å². The third-order valence-electron chi connectivity index (χ3n) is 5.51. The maximum Gasteiger partial charge on any atom is 0.372 e. The van der Waals surface area contributed by atoms with Gasteiger partial charge in [0, 0.05) is 13.0 Å². The predicted octanol–water partition coefficient (Wildman–Crippen LogP) is 4.68. The molecule has 10 heteroatoms. The summed E-state index contributed by atoms with van der Waals surface area (Å²) in [5.41, 5.74) is 1.89. The normalized spacial score (nSPS) is 10.4. The Bertz CT molecular complexity index is 1260. The van der Waals surface area contributed by atoms with Gasteiger partial charge in [0.1, 0.15) is 24.7 Å². The Morgan fingerprint density at radius 1 is 0.816 bits per heavy atom. The Kier molecular flexibility index (Phi) is 10.4. The van der Waals surface area contributed by atoms with Crippen molar-refractivity contribution < 1.29 is 38.4 Å². The minimum atomic E-state index is -1.50. The summed E-state index contributed by atoms with van der Waals surface area (Å²) in [5.74, 6) is -0.920. The highest BCUT2D eigenvalue weighted by molar-refractivity contribution is 6.35. The quantitative estimate of drug-likeness (QED) is 0.223. The van der Waals surface area contributed by atoms with E-state index in [1.54, 1.807) is 32.4 Å². The predicted molar refractivity (Wildman–Crippen MR) is 140 cm³/mol. The van der Waals surface area contributed by atoms with E-state index in [-0.39, 0.29) is 48.9 Å². The zero-order valence-electron chi connectivity index (χ0n) is 21.0. The fourth-order valence-corrected chi connectivity index (χ4v) is 3.67. The molecule has 0 spiro atoms. The average Bonchev–Trinajstić information content (AvgIpc) is 2.93. The van der Waals surface area contributed by atoms with Crippen LogP contribution in [-0.4, -0.2) is 43.5 Å². The van der Waals surface area contributed by atoms with E-state index in [0.29, 0.717) is 11.5 Å². The molecule has 0 fully saturated rings. The van der Waals surface area contributed by atoms with Crippen molar-refractivity contribution in [3.05, 3.63) is 82.4 Å². The number of methoxy groups -OCH3 is 2. The van der Waals surface area contributed by atoms with Gasteiger partial charge in [-0.2, -0.15) is 0 Å². The number of hydrogen-bond acceptors (Lipinski definition) is 7. The molecule has 0 radical (unpaired) electrons. The number of nitrogens with one attached hydrogen (secondary N) is 1. The van der Waals surface area contributed by atoms with Gasteiger partial charge in [0.15, 0.2) is 11.5 Å². The molecule has 0 aromatic heterocycles. The molecule has 3 aromatic rings. The number of Topliss-reactive ketones (excluding diaryl/α,β-unsaturated/α-hetero) is 1. The first kappa shape index (κ1) is 28.3. The lowest BCUT2D eigenvalue weighted by molar-refractivity contribution is -0.149. The molecule has 0 aliphatic heterocycles. The van der Waals surface area contributed by atoms with Crippen LogP contribution in [0, 0.1) is 0 Å². The third kappa shape index (κ3) is 7.88. The monoisotopic (exact) mass is 541 g/mol. The third-order valence-corrected chi connectivity index (χ3v) is 5.88. The summed E-state index contributed by atoms with van der Waals surface area (Å²) in [6.45, 7) is 0.485. The van der Waals surface area contributed by atoms with Gasteiger partial charge >= 0.3 is 5.97 Å². The van der Waals surface area contributed by atoms with E-state index in [9.17, 15) is 14.4 Å². The minimum absolute atomic E-state index is 0.0601. The fraction of sp³-hybridized carbons (Fsp3) is 0.250. The molecule has 3 rings (SSSR count). The maximum atomic E-state index is 12.8. The van der Waals surface area contributed by atoms with Crippen LogP contribution >= 0.6 is 11.6 Å². The number of halogens is 1. The van der Waals surface area contributed by atoms with Gasteiger partial charge in [0.2, 0.25) is 5.78 Å². The molecule has 0 saturated carbocycles. The van der Waals surface area contributed by atoms with E-state index < -0.39 is 17.7 Å². The van der Waals surface area contributed by atoms with Gasteiger partial charge < -0.3 is 29.4 Å². The van der Waals surface area contributed by atoms with Crippen LogP contribution < -0.4 is 24.3 Å². The molecule has 0 heterocycles. The zero-order valence-corrected chi connectivity index (χ0v) is 21.7. The second kappa shape index (κ2) is 13.9. The lowest BCUT2D eigenvalue weighted by atomic mass is 10.1. The second-order valence-corrected chi connectivity index (χ2v) is 8.49. The minimum Gasteiger partial charge on any atom is -0.497 e. The molecule has 0 aliphatic rings. The number of benzene rings is 3. The highest BCUT2D eigenvalue weighted by Gasteiger charge is 2.20. The topological polar surface area (TPSA) is 120 Å². The highest BCUT2D eigenvalue weighted by Crippen LogP contribution is 2.39. The molecule has 3 aromatic carbocycles. The first-order valence-corrected chi connectivity index (χ1v) is 12.1. The summed E-state index contributed by atoms with van der Waals surface area (Å²) in [7, 11) is 3.17. The molecule has 9 nitrogen and oxygen atoms in total. The summed E-state index contributed by atoms with van der Waals surface area (Å²) in [5, 5.41) is 11.4. The molecule has 200 valence electrons. The number of carbonyl (C=O) groups excluding carboxylic acids is 2. The van der Waals surface area contributed by atoms with Crippen molar-refractivity contribution >= 4 is 29.3 Å². The fourth-order valence-electron chi connectivity index (χ4n) is 3.37. The van der Waals surface area contributed by atoms with Crippen molar-refractivity contribution in [2.24, 2.45) is 0 Å². The smallest absolute Gasteiger partial charge is 0.372 e. The van der Waals surface area contributed by atoms with Gasteiger partial charge in [-0.05, 0) is 53.9 Å². The van der Waals surface area contributed by atoms with Crippen LogP contribution in [0.3, 0.4) is 0 Å². The molecule has 2 N–H and O–H groups in total. The molecule has 0 saturated heterocycles. The Balaban J connectivity index is 1.76. The van der Waals surface area contributed by atoms with Crippen molar-refractivity contribution in [2.45, 2.75) is 26.1 Å². The van der Waals surface area contributed by atoms with Crippen LogP contribution in [0.1, 0.15) is 34.3 Å². The van der Waals surface area contributed by atoms with E-state index in [0.717, 1.165) is 16.9 Å². The molecular weight excluding hydrogens is 514 g/mol. The van der Waals surface area contributed by atoms with Crippen LogP contribution in [0.15, 0.2) is 60.7 Å². The van der Waals surface area contributed by atoms with E-state index in [1.165, 1.54) is 6.07 Å². The zero-order chi connectivity index (χ0) is 27.5. The highest BCUT2D eigenvalue weighted by atomic mass is 35.5. The molecule has 38 heavy (non-hydrogen) atoms. The number of carboxylic acid groups (broad SMARTS) is 1. The first-order valence-electron chi connectivity index (χ1n) is 11.7. The first-order chi connectivity index (χ1) is 18.3. The van der Waals surface area contributed by atoms with Crippen LogP contribution in [0.25, 0.3) is 0 Å². The van der Waals surface area contributed by atoms with E-state index in [1.807, 2.05) is 36.4 Å². The lowest BCUT2D eigenvalue weighted by Gasteiger charge is -2.17. The van der Waals surface area contributed by atoms with Crippen molar-refractivity contribution in [1.29, 1.82) is 0 Å². The molecule has 0 unspecified atom stereocenters. The number of carboxylic acids is 1. The Morgan fingerprint density at radius 3 is 1.89 bits per heavy atom. The molecule has 0 aliphatic carbocycles. The van der Waals surface area contributed by atoms with Crippen molar-refractivity contribution in [3.63, 3.8) is 0 Å². The Hall–Kier alpha value is -4.24. The van der Waals surface area contributed by atoms with Gasteiger partial charge in [0.05, 0.1) is 24.8 Å². The van der Waals surface area contributed by atoms with Gasteiger partial charge in [0.25, 0.3) is 5.91 Å². The van der Waals surface area contributed by atoms with Crippen LogP contribution in [0.4, 0.5) is 0 Å². The summed E-state index contributed by atoms with van der Waals surface area (Å²) >= 11 is 6.61. The molecule has 1 amide bonds. The van der Waals surface area contributed by atoms with E-state index in [2.05, 4.69) is 5.32 Å². The summed E-state index contributed by atoms with van der Waals surface area (Å²) in [6, 6.07) is 17.8. The second-order valence-electron chi connectivity index (χ2n) is 8.12. The van der Waals surface area contributed by atoms with E-state index >= 15 is 0 Å². The number of rotatable bonds is 14. The summed E-state index contributed by atoms with van der Waals surface area (Å²) in [6.07, 6.45) is -0.00389. The Labute approximate surface area is 225 Å². The number of aliphatic carboxylic acids is 1.